The number of carbonyl (C=O) groups is 1. The highest BCUT2D eigenvalue weighted by atomic mass is 32.2. The zero-order valence-electron chi connectivity index (χ0n) is 16.3. The summed E-state index contributed by atoms with van der Waals surface area (Å²) >= 11 is 0. The Bertz CT molecular complexity index is 1110. The van der Waals surface area contributed by atoms with Gasteiger partial charge in [0.25, 0.3) is 15.9 Å². The van der Waals surface area contributed by atoms with Gasteiger partial charge in [0, 0.05) is 5.69 Å². The Labute approximate surface area is 173 Å². The zero-order chi connectivity index (χ0) is 21.7. The third kappa shape index (κ3) is 4.95. The van der Waals surface area contributed by atoms with Crippen LogP contribution < -0.4 is 14.8 Å². The van der Waals surface area contributed by atoms with Crippen LogP contribution in [0, 0.1) is 5.82 Å². The van der Waals surface area contributed by atoms with E-state index in [0.717, 1.165) is 6.20 Å². The number of aromatic amines is 1. The van der Waals surface area contributed by atoms with Crippen molar-refractivity contribution in [2.24, 2.45) is 0 Å². The number of carbonyl (C=O) groups excluding carboxylic acids is 1. The molecule has 0 unspecified atom stereocenters. The van der Waals surface area contributed by atoms with Crippen LogP contribution in [-0.4, -0.2) is 31.1 Å². The molecule has 1 amide bonds. The topological polar surface area (TPSA) is 113 Å². The molecule has 0 bridgehead atoms. The Morgan fingerprint density at radius 1 is 1.17 bits per heavy atom. The van der Waals surface area contributed by atoms with Gasteiger partial charge in [0.15, 0.2) is 5.03 Å². The third-order valence-corrected chi connectivity index (χ3v) is 5.61. The summed E-state index contributed by atoms with van der Waals surface area (Å²) in [6, 6.07) is 11.5. The van der Waals surface area contributed by atoms with Crippen molar-refractivity contribution >= 4 is 21.6 Å². The molecular weight excluding hydrogens is 411 g/mol. The fourth-order valence-electron chi connectivity index (χ4n) is 2.74. The van der Waals surface area contributed by atoms with Crippen LogP contribution >= 0.6 is 0 Å². The van der Waals surface area contributed by atoms with Gasteiger partial charge in [-0.2, -0.15) is 13.5 Å². The average Bonchev–Trinajstić information content (AvgIpc) is 3.21. The predicted octanol–water partition coefficient (Wildman–Crippen LogP) is 3.24. The minimum atomic E-state index is -4.10. The van der Waals surface area contributed by atoms with Crippen LogP contribution in [0.4, 0.5) is 10.1 Å². The maximum absolute atomic E-state index is 13.1. The van der Waals surface area contributed by atoms with Crippen LogP contribution in [0.2, 0.25) is 0 Å². The van der Waals surface area contributed by atoms with Crippen molar-refractivity contribution in [3.05, 3.63) is 71.7 Å². The number of rotatable bonds is 8. The molecule has 30 heavy (non-hydrogen) atoms. The zero-order valence-corrected chi connectivity index (χ0v) is 17.2. The smallest absolute Gasteiger partial charge is 0.279 e. The summed E-state index contributed by atoms with van der Waals surface area (Å²) in [4.78, 5) is 12.6. The minimum Gasteiger partial charge on any atom is -0.494 e. The molecule has 3 rings (SSSR count). The summed E-state index contributed by atoms with van der Waals surface area (Å²) in [5, 5.41) is 8.40. The molecule has 3 N–H and O–H groups in total. The lowest BCUT2D eigenvalue weighted by molar-refractivity contribution is 0.0936. The van der Waals surface area contributed by atoms with Crippen LogP contribution in [-0.2, 0) is 10.0 Å². The molecule has 0 fully saturated rings. The average molecular weight is 432 g/mol. The SMILES string of the molecule is CCOc1ccc(NS(=O)(=O)c2[nH]ncc2C(=O)N[C@H](C)c2ccc(F)cc2)cc1. The Hall–Kier alpha value is -3.40. The van der Waals surface area contributed by atoms with Gasteiger partial charge in [-0.25, -0.2) is 4.39 Å². The Morgan fingerprint density at radius 3 is 2.47 bits per heavy atom. The number of aromatic nitrogens is 2. The normalized spacial score (nSPS) is 12.2. The number of anilines is 1. The van der Waals surface area contributed by atoms with E-state index in [2.05, 4.69) is 20.2 Å². The molecule has 0 aliphatic rings. The maximum Gasteiger partial charge on any atom is 0.279 e. The molecular formula is C20H21FN4O4S. The maximum atomic E-state index is 13.1. The molecule has 2 aromatic carbocycles. The van der Waals surface area contributed by atoms with Gasteiger partial charge in [-0.15, -0.1) is 0 Å². The highest BCUT2D eigenvalue weighted by Gasteiger charge is 2.26. The first kappa shape index (κ1) is 21.3. The minimum absolute atomic E-state index is 0.137. The molecule has 0 radical (unpaired) electrons. The molecule has 1 aromatic heterocycles. The van der Waals surface area contributed by atoms with Crippen molar-refractivity contribution < 1.29 is 22.3 Å². The van der Waals surface area contributed by atoms with Crippen molar-refractivity contribution in [3.8, 4) is 5.75 Å². The molecule has 0 spiro atoms. The number of nitrogens with one attached hydrogen (secondary N) is 3. The second-order valence-corrected chi connectivity index (χ2v) is 8.04. The summed E-state index contributed by atoms with van der Waals surface area (Å²) in [5.41, 5.74) is 0.839. The van der Waals surface area contributed by atoms with Gasteiger partial charge in [-0.3, -0.25) is 14.6 Å². The number of H-pyrrole nitrogens is 1. The number of halogens is 1. The number of benzene rings is 2. The first-order chi connectivity index (χ1) is 14.3. The second kappa shape index (κ2) is 8.95. The number of ether oxygens (including phenoxy) is 1. The first-order valence-electron chi connectivity index (χ1n) is 9.15. The van der Waals surface area contributed by atoms with E-state index in [4.69, 9.17) is 4.74 Å². The monoisotopic (exact) mass is 432 g/mol. The molecule has 0 saturated carbocycles. The van der Waals surface area contributed by atoms with E-state index in [1.165, 1.54) is 12.1 Å². The largest absolute Gasteiger partial charge is 0.494 e. The molecule has 1 atom stereocenters. The quantitative estimate of drug-likeness (QED) is 0.506. The van der Waals surface area contributed by atoms with E-state index in [1.54, 1.807) is 43.3 Å². The van der Waals surface area contributed by atoms with Gasteiger partial charge in [0.2, 0.25) is 0 Å². The van der Waals surface area contributed by atoms with E-state index >= 15 is 0 Å². The van der Waals surface area contributed by atoms with E-state index in [9.17, 15) is 17.6 Å². The highest BCUT2D eigenvalue weighted by Crippen LogP contribution is 2.21. The standard InChI is InChI=1S/C20H21FN4O4S/c1-3-29-17-10-8-16(9-11-17)25-30(27,28)20-18(12-22-24-20)19(26)23-13(2)14-4-6-15(21)7-5-14/h4-13,25H,3H2,1-2H3,(H,22,24)(H,23,26)/t13-/m1/s1. The van der Waals surface area contributed by atoms with Gasteiger partial charge in [0.1, 0.15) is 11.6 Å². The van der Waals surface area contributed by atoms with E-state index < -0.39 is 22.0 Å². The summed E-state index contributed by atoms with van der Waals surface area (Å²) in [6.45, 7) is 4.05. The lowest BCUT2D eigenvalue weighted by Crippen LogP contribution is -2.28. The lowest BCUT2D eigenvalue weighted by atomic mass is 10.1. The second-order valence-electron chi connectivity index (χ2n) is 6.42. The van der Waals surface area contributed by atoms with E-state index in [1.807, 2.05) is 6.92 Å². The first-order valence-corrected chi connectivity index (χ1v) is 10.6. The van der Waals surface area contributed by atoms with Crippen LogP contribution in [0.15, 0.2) is 59.8 Å². The molecule has 3 aromatic rings. The highest BCUT2D eigenvalue weighted by molar-refractivity contribution is 7.92. The van der Waals surface area contributed by atoms with E-state index in [0.29, 0.717) is 23.6 Å². The van der Waals surface area contributed by atoms with Crippen molar-refractivity contribution in [1.82, 2.24) is 15.5 Å². The Kier molecular flexibility index (Phi) is 6.36. The predicted molar refractivity (Wildman–Crippen MR) is 109 cm³/mol. The van der Waals surface area contributed by atoms with Crippen molar-refractivity contribution in [2.75, 3.05) is 11.3 Å². The van der Waals surface area contributed by atoms with Gasteiger partial charge in [-0.1, -0.05) is 12.1 Å². The summed E-state index contributed by atoms with van der Waals surface area (Å²) in [6.07, 6.45) is 1.14. The van der Waals surface area contributed by atoms with E-state index in [-0.39, 0.29) is 16.4 Å². The number of amides is 1. The third-order valence-electron chi connectivity index (χ3n) is 4.25. The molecule has 0 aliphatic heterocycles. The van der Waals surface area contributed by atoms with Crippen LogP contribution in [0.3, 0.4) is 0 Å². The van der Waals surface area contributed by atoms with Gasteiger partial charge >= 0.3 is 0 Å². The van der Waals surface area contributed by atoms with Crippen molar-refractivity contribution in [1.29, 1.82) is 0 Å². The number of nitrogens with zero attached hydrogens (tertiary/aromatic N) is 1. The summed E-state index contributed by atoms with van der Waals surface area (Å²) < 4.78 is 46.3. The Balaban J connectivity index is 1.75. The Morgan fingerprint density at radius 2 is 1.83 bits per heavy atom. The van der Waals surface area contributed by atoms with Gasteiger partial charge in [0.05, 0.1) is 24.4 Å². The van der Waals surface area contributed by atoms with Crippen molar-refractivity contribution in [3.63, 3.8) is 0 Å². The molecule has 0 saturated heterocycles. The van der Waals surface area contributed by atoms with Gasteiger partial charge in [-0.05, 0) is 55.8 Å². The number of hydrogen-bond donors (Lipinski definition) is 3. The van der Waals surface area contributed by atoms with Crippen LogP contribution in [0.25, 0.3) is 0 Å². The molecule has 0 aliphatic carbocycles. The molecule has 158 valence electrons. The van der Waals surface area contributed by atoms with Crippen molar-refractivity contribution in [2.45, 2.75) is 24.9 Å². The summed E-state index contributed by atoms with van der Waals surface area (Å²) in [7, 11) is -4.10. The van der Waals surface area contributed by atoms with Crippen LogP contribution in [0.1, 0.15) is 35.8 Å². The molecule has 8 nitrogen and oxygen atoms in total. The van der Waals surface area contributed by atoms with Gasteiger partial charge < -0.3 is 10.1 Å². The molecule has 10 heteroatoms. The molecule has 1 heterocycles. The fourth-order valence-corrected chi connectivity index (χ4v) is 3.90. The fraction of sp³-hybridized carbons (Fsp3) is 0.200. The summed E-state index contributed by atoms with van der Waals surface area (Å²) in [5.74, 6) is -0.412. The van der Waals surface area contributed by atoms with Crippen LogP contribution in [0.5, 0.6) is 5.75 Å². The number of sulfonamides is 1. The number of hydrogen-bond acceptors (Lipinski definition) is 5. The lowest BCUT2D eigenvalue weighted by Gasteiger charge is -2.14.